The van der Waals surface area contributed by atoms with Crippen molar-refractivity contribution >= 4 is 18.5 Å². The summed E-state index contributed by atoms with van der Waals surface area (Å²) in [5.41, 5.74) is 2.83. The Morgan fingerprint density at radius 1 is 0.952 bits per heavy atom. The van der Waals surface area contributed by atoms with E-state index < -0.39 is 7.60 Å². The van der Waals surface area contributed by atoms with Crippen molar-refractivity contribution in [3.63, 3.8) is 0 Å². The predicted octanol–water partition coefficient (Wildman–Crippen LogP) is 3.37. The molecule has 0 aliphatic heterocycles. The molecule has 1 aromatic heterocycles. The second-order valence-corrected chi connectivity index (χ2v) is 6.75. The number of benzene rings is 2. The van der Waals surface area contributed by atoms with Crippen molar-refractivity contribution in [1.29, 1.82) is 0 Å². The highest BCUT2D eigenvalue weighted by molar-refractivity contribution is 7.50. The topological polar surface area (TPSA) is 62.5 Å². The van der Waals surface area contributed by atoms with Crippen molar-refractivity contribution in [3.8, 4) is 0 Å². The van der Waals surface area contributed by atoms with Crippen molar-refractivity contribution in [2.24, 2.45) is 0 Å². The molecule has 3 rings (SSSR count). The molecule has 0 spiro atoms. The van der Waals surface area contributed by atoms with E-state index in [0.717, 1.165) is 16.5 Å². The Hall–Kier alpha value is -1.87. The van der Waals surface area contributed by atoms with E-state index in [1.807, 2.05) is 65.4 Å². The van der Waals surface area contributed by atoms with Crippen molar-refractivity contribution in [1.82, 2.24) is 4.57 Å². The largest absolute Gasteiger partial charge is 0.343 e. The second-order valence-electron chi connectivity index (χ2n) is 5.11. The van der Waals surface area contributed by atoms with Gasteiger partial charge in [0.15, 0.2) is 0 Å². The summed E-state index contributed by atoms with van der Waals surface area (Å²) in [5, 5.41) is 0.900. The standard InChI is InChI=1S/C16H16NO3P/c18-21(19,20)12-14-11-17(10-13-6-2-1-3-7-13)16-9-5-4-8-15(14)16/h1-9,11H,10,12H2,(H2,18,19,20). The predicted molar refractivity (Wildman–Crippen MR) is 83.2 cm³/mol. The van der Waals surface area contributed by atoms with E-state index in [1.165, 1.54) is 0 Å². The quantitative estimate of drug-likeness (QED) is 0.726. The van der Waals surface area contributed by atoms with Gasteiger partial charge in [0, 0.05) is 23.6 Å². The minimum atomic E-state index is -4.07. The number of nitrogens with zero attached hydrogens (tertiary/aromatic N) is 1. The summed E-state index contributed by atoms with van der Waals surface area (Å²) in [4.78, 5) is 18.5. The van der Waals surface area contributed by atoms with Crippen molar-refractivity contribution in [2.45, 2.75) is 12.7 Å². The minimum absolute atomic E-state index is 0.227. The van der Waals surface area contributed by atoms with Crippen LogP contribution < -0.4 is 0 Å². The van der Waals surface area contributed by atoms with Gasteiger partial charge in [0.2, 0.25) is 0 Å². The van der Waals surface area contributed by atoms with E-state index in [-0.39, 0.29) is 6.16 Å². The molecule has 5 heteroatoms. The van der Waals surface area contributed by atoms with Gasteiger partial charge in [-0.3, -0.25) is 4.57 Å². The zero-order valence-corrected chi connectivity index (χ0v) is 12.3. The number of fused-ring (bicyclic) bond motifs is 1. The summed E-state index contributed by atoms with van der Waals surface area (Å²) in [6, 6.07) is 17.7. The third kappa shape index (κ3) is 3.24. The summed E-state index contributed by atoms with van der Waals surface area (Å²) >= 11 is 0. The van der Waals surface area contributed by atoms with Crippen LogP contribution in [0.3, 0.4) is 0 Å². The molecule has 0 saturated carbocycles. The van der Waals surface area contributed by atoms with Crippen LogP contribution in [-0.4, -0.2) is 14.4 Å². The molecular formula is C16H16NO3P. The van der Waals surface area contributed by atoms with Gasteiger partial charge >= 0.3 is 7.60 Å². The maximum absolute atomic E-state index is 11.3. The SMILES string of the molecule is O=P(O)(O)Cc1cn(Cc2ccccc2)c2ccccc12. The first kappa shape index (κ1) is 14.1. The average molecular weight is 301 g/mol. The summed E-state index contributed by atoms with van der Waals surface area (Å²) in [7, 11) is -4.07. The normalized spacial score (nSPS) is 11.9. The fourth-order valence-corrected chi connectivity index (χ4v) is 3.28. The number of aromatic nitrogens is 1. The van der Waals surface area contributed by atoms with E-state index >= 15 is 0 Å². The fraction of sp³-hybridized carbons (Fsp3) is 0.125. The second kappa shape index (κ2) is 5.49. The Labute approximate surface area is 122 Å². The molecule has 4 nitrogen and oxygen atoms in total. The van der Waals surface area contributed by atoms with E-state index in [0.29, 0.717) is 12.1 Å². The smallest absolute Gasteiger partial charge is 0.329 e. The van der Waals surface area contributed by atoms with Crippen LogP contribution >= 0.6 is 7.60 Å². The Morgan fingerprint density at radius 3 is 2.33 bits per heavy atom. The highest BCUT2D eigenvalue weighted by atomic mass is 31.2. The lowest BCUT2D eigenvalue weighted by Crippen LogP contribution is -1.97. The number of para-hydroxylation sites is 1. The van der Waals surface area contributed by atoms with Gasteiger partial charge in [0.05, 0.1) is 6.16 Å². The van der Waals surface area contributed by atoms with Gasteiger partial charge in [-0.1, -0.05) is 48.5 Å². The van der Waals surface area contributed by atoms with E-state index in [1.54, 1.807) is 0 Å². The summed E-state index contributed by atoms with van der Waals surface area (Å²) < 4.78 is 13.3. The average Bonchev–Trinajstić information content (AvgIpc) is 2.77. The lowest BCUT2D eigenvalue weighted by atomic mass is 10.2. The summed E-state index contributed by atoms with van der Waals surface area (Å²) in [5.74, 6) is 0. The minimum Gasteiger partial charge on any atom is -0.343 e. The molecule has 21 heavy (non-hydrogen) atoms. The molecule has 2 N–H and O–H groups in total. The molecule has 3 aromatic rings. The van der Waals surface area contributed by atoms with Gasteiger partial charge in [0.25, 0.3) is 0 Å². The molecule has 108 valence electrons. The maximum atomic E-state index is 11.3. The summed E-state index contributed by atoms with van der Waals surface area (Å²) in [6.07, 6.45) is 1.62. The molecule has 0 bridgehead atoms. The summed E-state index contributed by atoms with van der Waals surface area (Å²) in [6.45, 7) is 0.683. The Kier molecular flexibility index (Phi) is 3.68. The first-order valence-electron chi connectivity index (χ1n) is 6.68. The molecule has 0 atom stereocenters. The monoisotopic (exact) mass is 301 g/mol. The molecule has 0 amide bonds. The maximum Gasteiger partial charge on any atom is 0.329 e. The van der Waals surface area contributed by atoms with Crippen LogP contribution in [0.4, 0.5) is 0 Å². The van der Waals surface area contributed by atoms with E-state index in [2.05, 4.69) is 0 Å². The zero-order valence-electron chi connectivity index (χ0n) is 11.4. The molecule has 0 aliphatic carbocycles. The van der Waals surface area contributed by atoms with Gasteiger partial charge < -0.3 is 14.4 Å². The lowest BCUT2D eigenvalue weighted by molar-refractivity contribution is 0.372. The van der Waals surface area contributed by atoms with Gasteiger partial charge in [-0.15, -0.1) is 0 Å². The number of hydrogen-bond donors (Lipinski definition) is 2. The molecule has 0 saturated heterocycles. The first-order valence-corrected chi connectivity index (χ1v) is 8.48. The third-order valence-corrected chi connectivity index (χ3v) is 4.20. The van der Waals surface area contributed by atoms with Crippen LogP contribution in [0.2, 0.25) is 0 Å². The van der Waals surface area contributed by atoms with Crippen molar-refractivity contribution in [2.75, 3.05) is 0 Å². The molecule has 0 aliphatic rings. The van der Waals surface area contributed by atoms with E-state index in [9.17, 15) is 14.4 Å². The zero-order chi connectivity index (χ0) is 14.9. The van der Waals surface area contributed by atoms with Gasteiger partial charge in [0.1, 0.15) is 0 Å². The van der Waals surface area contributed by atoms with Gasteiger partial charge in [-0.05, 0) is 17.2 Å². The van der Waals surface area contributed by atoms with Crippen LogP contribution in [0.25, 0.3) is 10.9 Å². The van der Waals surface area contributed by atoms with Crippen LogP contribution in [0.1, 0.15) is 11.1 Å². The molecule has 0 unspecified atom stereocenters. The Morgan fingerprint density at radius 2 is 1.62 bits per heavy atom. The van der Waals surface area contributed by atoms with Crippen LogP contribution in [0.5, 0.6) is 0 Å². The highest BCUT2D eigenvalue weighted by Crippen LogP contribution is 2.41. The molecule has 2 aromatic carbocycles. The number of rotatable bonds is 4. The molecular weight excluding hydrogens is 285 g/mol. The van der Waals surface area contributed by atoms with Gasteiger partial charge in [-0.2, -0.15) is 0 Å². The van der Waals surface area contributed by atoms with Crippen LogP contribution in [0, 0.1) is 0 Å². The molecule has 1 heterocycles. The number of hydrogen-bond acceptors (Lipinski definition) is 1. The van der Waals surface area contributed by atoms with Crippen LogP contribution in [0.15, 0.2) is 60.8 Å². The van der Waals surface area contributed by atoms with Crippen molar-refractivity contribution < 1.29 is 14.4 Å². The van der Waals surface area contributed by atoms with Crippen LogP contribution in [-0.2, 0) is 17.3 Å². The highest BCUT2D eigenvalue weighted by Gasteiger charge is 2.18. The fourth-order valence-electron chi connectivity index (χ4n) is 2.58. The Balaban J connectivity index is 2.05. The van der Waals surface area contributed by atoms with Gasteiger partial charge in [-0.25, -0.2) is 0 Å². The lowest BCUT2D eigenvalue weighted by Gasteiger charge is -2.05. The third-order valence-electron chi connectivity index (χ3n) is 3.44. The molecule has 0 radical (unpaired) electrons. The first-order chi connectivity index (χ1) is 10.0. The Bertz CT molecular complexity index is 805. The molecule has 0 fully saturated rings. The van der Waals surface area contributed by atoms with E-state index in [4.69, 9.17) is 0 Å². The van der Waals surface area contributed by atoms with Crippen molar-refractivity contribution in [3.05, 3.63) is 71.9 Å².